The minimum Gasteiger partial charge on any atom is -0.352 e. The summed E-state index contributed by atoms with van der Waals surface area (Å²) < 4.78 is 0. The maximum absolute atomic E-state index is 11.9. The van der Waals surface area contributed by atoms with Gasteiger partial charge >= 0.3 is 0 Å². The van der Waals surface area contributed by atoms with Gasteiger partial charge in [-0.1, -0.05) is 29.8 Å². The van der Waals surface area contributed by atoms with Crippen molar-refractivity contribution < 1.29 is 9.59 Å². The number of carbonyl (C=O) groups excluding carboxylic acids is 2. The Morgan fingerprint density at radius 1 is 1.15 bits per heavy atom. The van der Waals surface area contributed by atoms with Gasteiger partial charge in [0.25, 0.3) is 0 Å². The normalized spacial score (nSPS) is 19.0. The maximum atomic E-state index is 11.9. The van der Waals surface area contributed by atoms with Gasteiger partial charge < -0.3 is 15.5 Å². The third-order valence-electron chi connectivity index (χ3n) is 4.73. The molecule has 0 saturated carbocycles. The van der Waals surface area contributed by atoms with E-state index in [1.165, 1.54) is 25.3 Å². The summed E-state index contributed by atoms with van der Waals surface area (Å²) >= 11 is 0. The highest BCUT2D eigenvalue weighted by atomic mass is 35.5. The second-order valence-electron chi connectivity index (χ2n) is 6.97. The number of likely N-dealkylation sites (tertiary alicyclic amines) is 1. The number of halogens is 1. The lowest BCUT2D eigenvalue weighted by atomic mass is 9.98. The Labute approximate surface area is 163 Å². The van der Waals surface area contributed by atoms with E-state index < -0.39 is 0 Å². The molecule has 2 aliphatic heterocycles. The predicted octanol–water partition coefficient (Wildman–Crippen LogP) is 2.66. The molecule has 2 amide bonds. The molecule has 0 unspecified atom stereocenters. The molecule has 3 rings (SSSR count). The number of hydrogen-bond acceptors (Lipinski definition) is 3. The number of aryl methyl sites for hydroxylation is 1. The Hall–Kier alpha value is -1.59. The lowest BCUT2D eigenvalue weighted by Crippen LogP contribution is -2.41. The van der Waals surface area contributed by atoms with Crippen molar-refractivity contribution in [2.45, 2.75) is 46.1 Å². The third-order valence-corrected chi connectivity index (χ3v) is 4.73. The van der Waals surface area contributed by atoms with Crippen LogP contribution in [0.1, 0.15) is 43.7 Å². The van der Waals surface area contributed by atoms with E-state index in [9.17, 15) is 9.59 Å². The van der Waals surface area contributed by atoms with Crippen LogP contribution in [-0.2, 0) is 16.1 Å². The topological polar surface area (TPSA) is 61.4 Å². The fourth-order valence-electron chi connectivity index (χ4n) is 3.19. The van der Waals surface area contributed by atoms with Crippen molar-refractivity contribution in [3.63, 3.8) is 0 Å². The zero-order chi connectivity index (χ0) is 18.1. The lowest BCUT2D eigenvalue weighted by Gasteiger charge is -2.26. The first-order valence-corrected chi connectivity index (χ1v) is 9.36. The Kier molecular flexibility index (Phi) is 10.3. The van der Waals surface area contributed by atoms with E-state index in [-0.39, 0.29) is 24.2 Å². The Morgan fingerprint density at radius 2 is 1.81 bits per heavy atom. The van der Waals surface area contributed by atoms with Crippen molar-refractivity contribution in [2.24, 2.45) is 5.92 Å². The number of rotatable bonds is 3. The van der Waals surface area contributed by atoms with Gasteiger partial charge in [-0.15, -0.1) is 12.4 Å². The van der Waals surface area contributed by atoms with Gasteiger partial charge in [-0.2, -0.15) is 0 Å². The highest BCUT2D eigenvalue weighted by molar-refractivity contribution is 5.85. The van der Waals surface area contributed by atoms with E-state index >= 15 is 0 Å². The fourth-order valence-corrected chi connectivity index (χ4v) is 3.19. The largest absolute Gasteiger partial charge is 0.352 e. The second-order valence-corrected chi connectivity index (χ2v) is 6.97. The summed E-state index contributed by atoms with van der Waals surface area (Å²) in [5.41, 5.74) is 2.37. The minimum atomic E-state index is 0. The minimum absolute atomic E-state index is 0. The van der Waals surface area contributed by atoms with E-state index in [4.69, 9.17) is 0 Å². The van der Waals surface area contributed by atoms with Crippen molar-refractivity contribution in [3.05, 3.63) is 35.4 Å². The smallest absolute Gasteiger partial charge is 0.226 e. The van der Waals surface area contributed by atoms with E-state index in [1.54, 1.807) is 0 Å². The first-order valence-electron chi connectivity index (χ1n) is 9.36. The summed E-state index contributed by atoms with van der Waals surface area (Å²) in [7, 11) is 0. The summed E-state index contributed by atoms with van der Waals surface area (Å²) in [6.07, 6.45) is 4.64. The van der Waals surface area contributed by atoms with Crippen molar-refractivity contribution in [2.75, 3.05) is 26.2 Å². The summed E-state index contributed by atoms with van der Waals surface area (Å²) in [5, 5.41) is 6.03. The van der Waals surface area contributed by atoms with Gasteiger partial charge in [-0.3, -0.25) is 9.59 Å². The third kappa shape index (κ3) is 7.75. The van der Waals surface area contributed by atoms with E-state index in [0.29, 0.717) is 12.5 Å². The van der Waals surface area contributed by atoms with E-state index in [0.717, 1.165) is 44.6 Å². The molecule has 1 aromatic rings. The molecule has 2 heterocycles. The number of nitrogens with zero attached hydrogens (tertiary/aromatic N) is 1. The van der Waals surface area contributed by atoms with Gasteiger partial charge in [0.15, 0.2) is 0 Å². The Bertz CT molecular complexity index is 551. The highest BCUT2D eigenvalue weighted by Crippen LogP contribution is 2.17. The Balaban J connectivity index is 0.000000251. The van der Waals surface area contributed by atoms with Crippen LogP contribution in [-0.4, -0.2) is 42.9 Å². The molecule has 0 bridgehead atoms. The van der Waals surface area contributed by atoms with Crippen molar-refractivity contribution in [1.82, 2.24) is 15.5 Å². The zero-order valence-electron chi connectivity index (χ0n) is 15.9. The summed E-state index contributed by atoms with van der Waals surface area (Å²) in [5.74, 6) is 0.673. The molecule has 2 saturated heterocycles. The molecular formula is C20H32ClN3O2. The first-order chi connectivity index (χ1) is 12.1. The van der Waals surface area contributed by atoms with Crippen LogP contribution in [0.4, 0.5) is 0 Å². The van der Waals surface area contributed by atoms with Crippen molar-refractivity contribution >= 4 is 24.2 Å². The summed E-state index contributed by atoms with van der Waals surface area (Å²) in [6, 6.07) is 8.12. The van der Waals surface area contributed by atoms with Crippen LogP contribution in [0.5, 0.6) is 0 Å². The predicted molar refractivity (Wildman–Crippen MR) is 107 cm³/mol. The van der Waals surface area contributed by atoms with Crippen molar-refractivity contribution in [1.29, 1.82) is 0 Å². The molecule has 1 aromatic carbocycles. The van der Waals surface area contributed by atoms with Crippen LogP contribution in [0.3, 0.4) is 0 Å². The van der Waals surface area contributed by atoms with Gasteiger partial charge in [-0.25, -0.2) is 0 Å². The van der Waals surface area contributed by atoms with Crippen LogP contribution in [0.15, 0.2) is 24.3 Å². The molecular weight excluding hydrogens is 350 g/mol. The monoisotopic (exact) mass is 381 g/mol. The van der Waals surface area contributed by atoms with E-state index in [1.807, 2.05) is 36.1 Å². The lowest BCUT2D eigenvalue weighted by molar-refractivity contribution is -0.134. The molecule has 146 valence electrons. The highest BCUT2D eigenvalue weighted by Gasteiger charge is 2.27. The molecule has 26 heavy (non-hydrogen) atoms. The van der Waals surface area contributed by atoms with Gasteiger partial charge in [0.05, 0.1) is 5.92 Å². The number of hydrogen-bond donors (Lipinski definition) is 2. The second kappa shape index (κ2) is 11.9. The number of carbonyl (C=O) groups is 2. The average Bonchev–Trinajstić information content (AvgIpc) is 3.16. The Morgan fingerprint density at radius 3 is 2.35 bits per heavy atom. The van der Waals surface area contributed by atoms with Crippen LogP contribution >= 0.6 is 12.4 Å². The molecule has 0 spiro atoms. The quantitative estimate of drug-likeness (QED) is 0.846. The molecule has 6 heteroatoms. The molecule has 1 atom stereocenters. The molecule has 2 N–H and O–H groups in total. The molecule has 0 radical (unpaired) electrons. The number of piperidine rings is 1. The van der Waals surface area contributed by atoms with E-state index in [2.05, 4.69) is 10.6 Å². The van der Waals surface area contributed by atoms with Gasteiger partial charge in [-0.05, 0) is 44.7 Å². The van der Waals surface area contributed by atoms with Gasteiger partial charge in [0.2, 0.25) is 11.8 Å². The summed E-state index contributed by atoms with van der Waals surface area (Å²) in [4.78, 5) is 24.5. The zero-order valence-corrected chi connectivity index (χ0v) is 16.7. The van der Waals surface area contributed by atoms with Crippen LogP contribution in [0.2, 0.25) is 0 Å². The SMILES string of the molecule is CC(=O)NCc1ccc(C)cc1.Cl.O=C([C@H]1CCCNC1)N1CCCC1. The summed E-state index contributed by atoms with van der Waals surface area (Å²) in [6.45, 7) is 8.16. The molecule has 2 fully saturated rings. The maximum Gasteiger partial charge on any atom is 0.226 e. The number of amides is 2. The molecule has 2 aliphatic rings. The van der Waals surface area contributed by atoms with Crippen LogP contribution < -0.4 is 10.6 Å². The van der Waals surface area contributed by atoms with Crippen molar-refractivity contribution in [3.8, 4) is 0 Å². The number of nitrogens with one attached hydrogen (secondary N) is 2. The first kappa shape index (κ1) is 22.5. The fraction of sp³-hybridized carbons (Fsp3) is 0.600. The van der Waals surface area contributed by atoms with Crippen LogP contribution in [0, 0.1) is 12.8 Å². The molecule has 0 aromatic heterocycles. The standard InChI is InChI=1S/C10H18N2O.C10H13NO.ClH/c13-10(12-6-1-2-7-12)9-4-3-5-11-8-9;1-8-3-5-10(6-4-8)7-11-9(2)12;/h9,11H,1-8H2;3-6H,7H2,1-2H3,(H,11,12);1H/t9-;;/m0../s1. The molecule has 5 nitrogen and oxygen atoms in total. The van der Waals surface area contributed by atoms with Gasteiger partial charge in [0.1, 0.15) is 0 Å². The molecule has 0 aliphatic carbocycles. The van der Waals surface area contributed by atoms with Crippen LogP contribution in [0.25, 0.3) is 0 Å². The average molecular weight is 382 g/mol. The number of benzene rings is 1. The van der Waals surface area contributed by atoms with Gasteiger partial charge in [0, 0.05) is 33.1 Å².